The van der Waals surface area contributed by atoms with Crippen molar-refractivity contribution in [2.45, 2.75) is 6.92 Å². The number of Topliss-reactive ketones (excluding diaryl/α,β-unsaturated/α-hetero) is 1. The molecule has 1 aliphatic heterocycles. The molecule has 0 spiro atoms. The van der Waals surface area contributed by atoms with Crippen molar-refractivity contribution in [3.05, 3.63) is 88.0 Å². The summed E-state index contributed by atoms with van der Waals surface area (Å²) in [5.74, 6) is 0.0290. The van der Waals surface area contributed by atoms with E-state index in [0.29, 0.717) is 21.9 Å². The van der Waals surface area contributed by atoms with Crippen molar-refractivity contribution in [1.29, 1.82) is 0 Å². The van der Waals surface area contributed by atoms with Crippen LogP contribution in [0, 0.1) is 6.92 Å². The molecule has 27 heavy (non-hydrogen) atoms. The molecule has 2 heterocycles. The van der Waals surface area contributed by atoms with Gasteiger partial charge >= 0.3 is 5.97 Å². The standard InChI is InChI=1S/C21H13ClO5/c1-12-8-15(26-21(24)16-6-3-7-25-16)11-17-19(12)20(23)18(27-17)10-13-4-2-5-14(22)9-13/h2-11H,1H3/b18-10-. The molecule has 0 unspecified atom stereocenters. The third kappa shape index (κ3) is 3.37. The Hall–Kier alpha value is -3.31. The average Bonchev–Trinajstić information content (AvgIpc) is 3.24. The summed E-state index contributed by atoms with van der Waals surface area (Å²) in [6, 6.07) is 13.3. The van der Waals surface area contributed by atoms with E-state index in [-0.39, 0.29) is 23.1 Å². The Morgan fingerprint density at radius 1 is 1.15 bits per heavy atom. The summed E-state index contributed by atoms with van der Waals surface area (Å²) in [5, 5.41) is 0.565. The molecule has 0 fully saturated rings. The number of fused-ring (bicyclic) bond motifs is 1. The summed E-state index contributed by atoms with van der Waals surface area (Å²) in [7, 11) is 0. The molecule has 0 bridgehead atoms. The summed E-state index contributed by atoms with van der Waals surface area (Å²) >= 11 is 5.98. The summed E-state index contributed by atoms with van der Waals surface area (Å²) in [5.41, 5.74) is 1.84. The molecule has 1 aromatic heterocycles. The Morgan fingerprint density at radius 2 is 2.00 bits per heavy atom. The van der Waals surface area contributed by atoms with Crippen LogP contribution in [0.15, 0.2) is 65.0 Å². The van der Waals surface area contributed by atoms with Gasteiger partial charge in [0.25, 0.3) is 0 Å². The molecule has 0 radical (unpaired) electrons. The minimum Gasteiger partial charge on any atom is -0.457 e. The third-order valence-corrected chi connectivity index (χ3v) is 4.26. The first-order valence-electron chi connectivity index (χ1n) is 8.11. The normalized spacial score (nSPS) is 14.1. The smallest absolute Gasteiger partial charge is 0.379 e. The van der Waals surface area contributed by atoms with E-state index >= 15 is 0 Å². The Bertz CT molecular complexity index is 1080. The quantitative estimate of drug-likeness (QED) is 0.360. The Labute approximate surface area is 159 Å². The minimum absolute atomic E-state index is 0.0895. The molecule has 6 heteroatoms. The number of hydrogen-bond acceptors (Lipinski definition) is 5. The third-order valence-electron chi connectivity index (χ3n) is 4.02. The fourth-order valence-corrected chi connectivity index (χ4v) is 3.03. The number of allylic oxidation sites excluding steroid dienone is 1. The van der Waals surface area contributed by atoms with Crippen LogP contribution in [-0.4, -0.2) is 11.8 Å². The highest BCUT2D eigenvalue weighted by Crippen LogP contribution is 2.37. The number of aryl methyl sites for hydroxylation is 1. The molecule has 134 valence electrons. The van der Waals surface area contributed by atoms with Crippen molar-refractivity contribution in [3.8, 4) is 11.5 Å². The van der Waals surface area contributed by atoms with Gasteiger partial charge in [0.2, 0.25) is 11.5 Å². The number of ether oxygens (including phenoxy) is 2. The van der Waals surface area contributed by atoms with Gasteiger partial charge in [0.05, 0.1) is 11.8 Å². The fraction of sp³-hybridized carbons (Fsp3) is 0.0476. The van der Waals surface area contributed by atoms with Crippen molar-refractivity contribution < 1.29 is 23.5 Å². The molecule has 3 aromatic rings. The van der Waals surface area contributed by atoms with Gasteiger partial charge in [-0.15, -0.1) is 0 Å². The first-order valence-corrected chi connectivity index (χ1v) is 8.49. The van der Waals surface area contributed by atoms with Crippen molar-refractivity contribution >= 4 is 29.4 Å². The minimum atomic E-state index is -0.627. The van der Waals surface area contributed by atoms with Crippen LogP contribution in [0.5, 0.6) is 11.5 Å². The van der Waals surface area contributed by atoms with Gasteiger partial charge < -0.3 is 13.9 Å². The van der Waals surface area contributed by atoms with Crippen molar-refractivity contribution in [2.75, 3.05) is 0 Å². The molecule has 0 N–H and O–H groups in total. The maximum absolute atomic E-state index is 12.7. The van der Waals surface area contributed by atoms with Crippen molar-refractivity contribution in [1.82, 2.24) is 0 Å². The Balaban J connectivity index is 1.63. The molecule has 5 nitrogen and oxygen atoms in total. The summed E-state index contributed by atoms with van der Waals surface area (Å²) in [4.78, 5) is 24.7. The number of carbonyl (C=O) groups excluding carboxylic acids is 2. The monoisotopic (exact) mass is 380 g/mol. The second-order valence-electron chi connectivity index (χ2n) is 5.97. The van der Waals surface area contributed by atoms with Crippen LogP contribution in [0.25, 0.3) is 6.08 Å². The predicted octanol–water partition coefficient (Wildman–Crippen LogP) is 5.08. The van der Waals surface area contributed by atoms with Gasteiger partial charge in [-0.1, -0.05) is 23.7 Å². The van der Waals surface area contributed by atoms with Crippen LogP contribution in [0.2, 0.25) is 5.02 Å². The fourth-order valence-electron chi connectivity index (χ4n) is 2.84. The number of rotatable bonds is 3. The van der Waals surface area contributed by atoms with Crippen LogP contribution in [-0.2, 0) is 0 Å². The van der Waals surface area contributed by atoms with Gasteiger partial charge in [-0.25, -0.2) is 4.79 Å². The molecule has 0 aliphatic carbocycles. The zero-order valence-electron chi connectivity index (χ0n) is 14.2. The van der Waals surface area contributed by atoms with E-state index in [1.807, 2.05) is 6.07 Å². The van der Waals surface area contributed by atoms with Crippen LogP contribution in [0.3, 0.4) is 0 Å². The highest BCUT2D eigenvalue weighted by atomic mass is 35.5. The zero-order valence-corrected chi connectivity index (χ0v) is 14.9. The van der Waals surface area contributed by atoms with E-state index in [1.165, 1.54) is 18.4 Å². The molecular formula is C21H13ClO5. The van der Waals surface area contributed by atoms with Gasteiger partial charge in [0.15, 0.2) is 5.76 Å². The second kappa shape index (κ2) is 6.78. The van der Waals surface area contributed by atoms with E-state index in [9.17, 15) is 9.59 Å². The van der Waals surface area contributed by atoms with Gasteiger partial charge in [-0.05, 0) is 54.5 Å². The van der Waals surface area contributed by atoms with Crippen LogP contribution in [0.4, 0.5) is 0 Å². The lowest BCUT2D eigenvalue weighted by Crippen LogP contribution is -2.07. The van der Waals surface area contributed by atoms with E-state index in [0.717, 1.165) is 5.56 Å². The van der Waals surface area contributed by atoms with Gasteiger partial charge in [0.1, 0.15) is 11.5 Å². The Kier molecular flexibility index (Phi) is 4.30. The lowest BCUT2D eigenvalue weighted by Gasteiger charge is -2.06. The number of esters is 1. The molecule has 0 atom stereocenters. The SMILES string of the molecule is Cc1cc(OC(=O)c2ccco2)cc2c1C(=O)/C(=C/c1cccc(Cl)c1)O2. The van der Waals surface area contributed by atoms with Crippen molar-refractivity contribution in [2.24, 2.45) is 0 Å². The number of hydrogen-bond donors (Lipinski definition) is 0. The summed E-state index contributed by atoms with van der Waals surface area (Å²) in [6.45, 7) is 1.76. The molecule has 0 saturated carbocycles. The van der Waals surface area contributed by atoms with E-state index in [4.69, 9.17) is 25.5 Å². The molecule has 0 saturated heterocycles. The predicted molar refractivity (Wildman–Crippen MR) is 99.2 cm³/mol. The number of ketones is 1. The lowest BCUT2D eigenvalue weighted by molar-refractivity contribution is 0.0701. The number of furan rings is 1. The molecule has 2 aromatic carbocycles. The molecule has 1 aliphatic rings. The molecule has 0 amide bonds. The second-order valence-corrected chi connectivity index (χ2v) is 6.41. The molecule has 4 rings (SSSR count). The van der Waals surface area contributed by atoms with Gasteiger partial charge in [-0.2, -0.15) is 0 Å². The van der Waals surface area contributed by atoms with E-state index < -0.39 is 5.97 Å². The van der Waals surface area contributed by atoms with Gasteiger partial charge in [-0.3, -0.25) is 4.79 Å². The zero-order chi connectivity index (χ0) is 19.0. The largest absolute Gasteiger partial charge is 0.457 e. The summed E-state index contributed by atoms with van der Waals surface area (Å²) < 4.78 is 16.0. The topological polar surface area (TPSA) is 65.7 Å². The van der Waals surface area contributed by atoms with Crippen LogP contribution < -0.4 is 9.47 Å². The first kappa shape index (κ1) is 17.1. The van der Waals surface area contributed by atoms with Crippen molar-refractivity contribution in [3.63, 3.8) is 0 Å². The first-order chi connectivity index (χ1) is 13.0. The average molecular weight is 381 g/mol. The molecular weight excluding hydrogens is 368 g/mol. The Morgan fingerprint density at radius 3 is 2.74 bits per heavy atom. The number of carbonyl (C=O) groups is 2. The highest BCUT2D eigenvalue weighted by Gasteiger charge is 2.30. The maximum Gasteiger partial charge on any atom is 0.379 e. The van der Waals surface area contributed by atoms with E-state index in [1.54, 1.807) is 43.3 Å². The highest BCUT2D eigenvalue weighted by molar-refractivity contribution is 6.30. The van der Waals surface area contributed by atoms with E-state index in [2.05, 4.69) is 0 Å². The van der Waals surface area contributed by atoms with Crippen LogP contribution >= 0.6 is 11.6 Å². The number of benzene rings is 2. The lowest BCUT2D eigenvalue weighted by atomic mass is 10.0. The van der Waals surface area contributed by atoms with Crippen LogP contribution in [0.1, 0.15) is 32.0 Å². The maximum atomic E-state index is 12.7. The van der Waals surface area contributed by atoms with Gasteiger partial charge in [0, 0.05) is 11.1 Å². The summed E-state index contributed by atoms with van der Waals surface area (Å²) in [6.07, 6.45) is 3.02. The number of halogens is 1.